The molecule has 4 heterocycles. The molecule has 0 unspecified atom stereocenters. The normalized spacial score (nSPS) is 10.5. The summed E-state index contributed by atoms with van der Waals surface area (Å²) in [5, 5.41) is 2.59. The van der Waals surface area contributed by atoms with Crippen LogP contribution in [0.1, 0.15) is 16.2 Å². The van der Waals surface area contributed by atoms with Crippen molar-refractivity contribution in [3.63, 3.8) is 0 Å². The van der Waals surface area contributed by atoms with Gasteiger partial charge >= 0.3 is 0 Å². The van der Waals surface area contributed by atoms with Crippen LogP contribution in [0.5, 0.6) is 11.5 Å². The van der Waals surface area contributed by atoms with E-state index >= 15 is 0 Å². The van der Waals surface area contributed by atoms with Gasteiger partial charge in [0.25, 0.3) is 11.5 Å². The van der Waals surface area contributed by atoms with E-state index in [1.165, 1.54) is 17.0 Å². The van der Waals surface area contributed by atoms with E-state index in [0.29, 0.717) is 17.3 Å². The molecule has 4 aromatic rings. The smallest absolute Gasteiger partial charge is 0.266 e. The lowest BCUT2D eigenvalue weighted by molar-refractivity contribution is 0.102. The van der Waals surface area contributed by atoms with Crippen molar-refractivity contribution < 1.29 is 9.53 Å². The molecule has 0 spiro atoms. The lowest BCUT2D eigenvalue weighted by Crippen LogP contribution is -2.29. The van der Waals surface area contributed by atoms with Gasteiger partial charge in [-0.3, -0.25) is 24.1 Å². The van der Waals surface area contributed by atoms with E-state index in [1.54, 1.807) is 56.8 Å². The monoisotopic (exact) mass is 414 g/mol. The molecule has 1 amide bonds. The van der Waals surface area contributed by atoms with Crippen molar-refractivity contribution in [3.8, 4) is 22.8 Å². The summed E-state index contributed by atoms with van der Waals surface area (Å²) in [6, 6.07) is 10.5. The first kappa shape index (κ1) is 19.9. The molecular weight excluding hydrogens is 396 g/mol. The van der Waals surface area contributed by atoms with Gasteiger partial charge in [-0.2, -0.15) is 0 Å². The average molecular weight is 414 g/mol. The first-order valence-electron chi connectivity index (χ1n) is 9.35. The molecule has 0 radical (unpaired) electrons. The Morgan fingerprint density at radius 1 is 1.00 bits per heavy atom. The molecule has 0 fully saturated rings. The van der Waals surface area contributed by atoms with E-state index in [2.05, 4.69) is 25.3 Å². The molecule has 0 bridgehead atoms. The van der Waals surface area contributed by atoms with Gasteiger partial charge in [0.05, 0.1) is 11.9 Å². The molecule has 0 aliphatic rings. The standard InChI is InChI=1S/C22H18N6O3/c1-14-25-13-18(22(30)28(14)2)21(29)27-20-6-5-17(12-26-20)31-16-7-9-24-19(10-16)15-4-3-8-23-11-15/h3-13H,1-2H3,(H,26,27,29). The zero-order valence-electron chi connectivity index (χ0n) is 16.8. The summed E-state index contributed by atoms with van der Waals surface area (Å²) in [4.78, 5) is 41.3. The van der Waals surface area contributed by atoms with Crippen LogP contribution >= 0.6 is 0 Å². The van der Waals surface area contributed by atoms with Gasteiger partial charge in [-0.25, -0.2) is 9.97 Å². The van der Waals surface area contributed by atoms with Crippen LogP contribution < -0.4 is 15.6 Å². The minimum Gasteiger partial charge on any atom is -0.456 e. The Hall–Kier alpha value is -4.40. The summed E-state index contributed by atoms with van der Waals surface area (Å²) in [6.45, 7) is 1.69. The number of hydrogen-bond acceptors (Lipinski definition) is 7. The number of aryl methyl sites for hydroxylation is 1. The number of nitrogens with one attached hydrogen (secondary N) is 1. The Balaban J connectivity index is 1.46. The third kappa shape index (κ3) is 4.45. The van der Waals surface area contributed by atoms with Crippen molar-refractivity contribution in [2.24, 2.45) is 7.05 Å². The molecule has 0 atom stereocenters. The minimum absolute atomic E-state index is 0.0602. The van der Waals surface area contributed by atoms with E-state index in [4.69, 9.17) is 4.74 Å². The molecule has 0 saturated heterocycles. The number of hydrogen-bond donors (Lipinski definition) is 1. The maximum absolute atomic E-state index is 12.4. The zero-order chi connectivity index (χ0) is 21.8. The number of carbonyl (C=O) groups is 1. The van der Waals surface area contributed by atoms with Crippen LogP contribution in [0.4, 0.5) is 5.82 Å². The van der Waals surface area contributed by atoms with Gasteiger partial charge < -0.3 is 10.1 Å². The largest absolute Gasteiger partial charge is 0.456 e. The van der Waals surface area contributed by atoms with E-state index in [9.17, 15) is 9.59 Å². The van der Waals surface area contributed by atoms with Gasteiger partial charge in [0.15, 0.2) is 0 Å². The van der Waals surface area contributed by atoms with Crippen LogP contribution in [0.2, 0.25) is 0 Å². The predicted octanol–water partition coefficient (Wildman–Crippen LogP) is 2.99. The minimum atomic E-state index is -0.579. The average Bonchev–Trinajstić information content (AvgIpc) is 2.79. The molecule has 0 aliphatic heterocycles. The van der Waals surface area contributed by atoms with Gasteiger partial charge in [-0.1, -0.05) is 0 Å². The fourth-order valence-corrected chi connectivity index (χ4v) is 2.76. The highest BCUT2D eigenvalue weighted by molar-refractivity contribution is 6.03. The lowest BCUT2D eigenvalue weighted by Gasteiger charge is -2.09. The first-order valence-corrected chi connectivity index (χ1v) is 9.35. The number of rotatable bonds is 5. The second kappa shape index (κ2) is 8.54. The second-order valence-electron chi connectivity index (χ2n) is 6.64. The summed E-state index contributed by atoms with van der Waals surface area (Å²) >= 11 is 0. The summed E-state index contributed by atoms with van der Waals surface area (Å²) in [5.41, 5.74) is 1.12. The number of ether oxygens (including phenoxy) is 1. The maximum Gasteiger partial charge on any atom is 0.266 e. The summed E-state index contributed by atoms with van der Waals surface area (Å²) in [7, 11) is 1.56. The third-order valence-corrected chi connectivity index (χ3v) is 4.55. The SMILES string of the molecule is Cc1ncc(C(=O)Nc2ccc(Oc3ccnc(-c4cccnc4)c3)cn2)c(=O)n1C. The van der Waals surface area contributed by atoms with Crippen LogP contribution in [0.3, 0.4) is 0 Å². The topological polar surface area (TPSA) is 112 Å². The van der Waals surface area contributed by atoms with Crippen LogP contribution in [-0.4, -0.2) is 30.4 Å². The lowest BCUT2D eigenvalue weighted by atomic mass is 10.2. The Labute approximate surface area is 177 Å². The molecular formula is C22H18N6O3. The second-order valence-corrected chi connectivity index (χ2v) is 6.64. The van der Waals surface area contributed by atoms with Crippen LogP contribution in [-0.2, 0) is 7.05 Å². The van der Waals surface area contributed by atoms with Crippen LogP contribution in [0.25, 0.3) is 11.3 Å². The molecule has 0 saturated carbocycles. The van der Waals surface area contributed by atoms with E-state index in [1.807, 2.05) is 12.1 Å². The molecule has 9 heteroatoms. The van der Waals surface area contributed by atoms with Gasteiger partial charge in [0, 0.05) is 43.5 Å². The Bertz CT molecular complexity index is 1290. The summed E-state index contributed by atoms with van der Waals surface area (Å²) in [5.74, 6) is 1.29. The highest BCUT2D eigenvalue weighted by atomic mass is 16.5. The highest BCUT2D eigenvalue weighted by Crippen LogP contribution is 2.25. The molecule has 154 valence electrons. The summed E-state index contributed by atoms with van der Waals surface area (Å²) < 4.78 is 7.15. The van der Waals surface area contributed by atoms with Crippen molar-refractivity contribution in [1.29, 1.82) is 0 Å². The maximum atomic E-state index is 12.4. The van der Waals surface area contributed by atoms with Crippen LogP contribution in [0, 0.1) is 6.92 Å². The van der Waals surface area contributed by atoms with Gasteiger partial charge in [-0.15, -0.1) is 0 Å². The molecule has 9 nitrogen and oxygen atoms in total. The van der Waals surface area contributed by atoms with Gasteiger partial charge in [-0.05, 0) is 37.3 Å². The third-order valence-electron chi connectivity index (χ3n) is 4.55. The van der Waals surface area contributed by atoms with Crippen molar-refractivity contribution in [2.45, 2.75) is 6.92 Å². The first-order chi connectivity index (χ1) is 15.0. The molecule has 0 aliphatic carbocycles. The predicted molar refractivity (Wildman–Crippen MR) is 114 cm³/mol. The van der Waals surface area contributed by atoms with E-state index < -0.39 is 11.5 Å². The molecule has 4 rings (SSSR count). The van der Waals surface area contributed by atoms with Crippen LogP contribution in [0.15, 0.2) is 72.2 Å². The number of aromatic nitrogens is 5. The Kier molecular flexibility index (Phi) is 5.48. The van der Waals surface area contributed by atoms with Crippen molar-refractivity contribution in [1.82, 2.24) is 24.5 Å². The molecule has 1 N–H and O–H groups in total. The highest BCUT2D eigenvalue weighted by Gasteiger charge is 2.14. The number of pyridine rings is 3. The molecule has 4 aromatic heterocycles. The fourth-order valence-electron chi connectivity index (χ4n) is 2.76. The van der Waals surface area contributed by atoms with E-state index in [-0.39, 0.29) is 11.4 Å². The molecule has 31 heavy (non-hydrogen) atoms. The van der Waals surface area contributed by atoms with E-state index in [0.717, 1.165) is 11.3 Å². The Morgan fingerprint density at radius 2 is 1.87 bits per heavy atom. The Morgan fingerprint density at radius 3 is 2.61 bits per heavy atom. The van der Waals surface area contributed by atoms with Gasteiger partial charge in [0.2, 0.25) is 0 Å². The van der Waals surface area contributed by atoms with Crippen molar-refractivity contribution in [3.05, 3.63) is 89.1 Å². The van der Waals surface area contributed by atoms with Gasteiger partial charge in [0.1, 0.15) is 28.7 Å². The summed E-state index contributed by atoms with van der Waals surface area (Å²) in [6.07, 6.45) is 7.81. The number of amides is 1. The number of anilines is 1. The number of nitrogens with zero attached hydrogens (tertiary/aromatic N) is 5. The molecule has 0 aromatic carbocycles. The fraction of sp³-hybridized carbons (Fsp3) is 0.0909. The zero-order valence-corrected chi connectivity index (χ0v) is 16.8. The van der Waals surface area contributed by atoms with Crippen molar-refractivity contribution >= 4 is 11.7 Å². The van der Waals surface area contributed by atoms with Crippen molar-refractivity contribution in [2.75, 3.05) is 5.32 Å². The number of carbonyl (C=O) groups excluding carboxylic acids is 1. The quantitative estimate of drug-likeness (QED) is 0.534.